The van der Waals surface area contributed by atoms with Gasteiger partial charge in [0, 0.05) is 19.6 Å². The summed E-state index contributed by atoms with van der Waals surface area (Å²) in [6, 6.07) is 5.02. The van der Waals surface area contributed by atoms with Gasteiger partial charge in [-0.2, -0.15) is 0 Å². The van der Waals surface area contributed by atoms with E-state index in [2.05, 4.69) is 5.32 Å². The highest BCUT2D eigenvalue weighted by molar-refractivity contribution is 6.27. The first-order valence-electron chi connectivity index (χ1n) is 7.01. The molecule has 21 heavy (non-hydrogen) atoms. The molecule has 1 aliphatic rings. The molecule has 1 aromatic carbocycles. The number of benzene rings is 1. The van der Waals surface area contributed by atoms with E-state index in [0.29, 0.717) is 24.3 Å². The van der Waals surface area contributed by atoms with Crippen LogP contribution in [-0.4, -0.2) is 37.1 Å². The summed E-state index contributed by atoms with van der Waals surface area (Å²) in [5, 5.41) is 2.62. The van der Waals surface area contributed by atoms with E-state index in [0.717, 1.165) is 0 Å². The van der Waals surface area contributed by atoms with Crippen molar-refractivity contribution in [2.24, 2.45) is 0 Å². The quantitative estimate of drug-likeness (QED) is 0.867. The van der Waals surface area contributed by atoms with Crippen molar-refractivity contribution < 1.29 is 13.9 Å². The van der Waals surface area contributed by atoms with E-state index in [1.54, 1.807) is 6.07 Å². The highest BCUT2D eigenvalue weighted by atomic mass is 35.5. The summed E-state index contributed by atoms with van der Waals surface area (Å²) in [4.78, 5) is 13.1. The molecule has 1 aromatic rings. The molecule has 0 aromatic heterocycles. The fourth-order valence-corrected chi connectivity index (χ4v) is 2.63. The van der Waals surface area contributed by atoms with Gasteiger partial charge in [-0.1, -0.05) is 6.07 Å². The van der Waals surface area contributed by atoms with Crippen LogP contribution in [0.3, 0.4) is 0 Å². The van der Waals surface area contributed by atoms with E-state index in [1.807, 2.05) is 24.8 Å². The lowest BCUT2D eigenvalue weighted by Crippen LogP contribution is -2.45. The zero-order valence-electron chi connectivity index (χ0n) is 12.2. The van der Waals surface area contributed by atoms with Crippen LogP contribution in [0.2, 0.25) is 0 Å². The van der Waals surface area contributed by atoms with Gasteiger partial charge in [0.2, 0.25) is 5.91 Å². The highest BCUT2D eigenvalue weighted by Gasteiger charge is 2.24. The van der Waals surface area contributed by atoms with Gasteiger partial charge in [0.25, 0.3) is 0 Å². The van der Waals surface area contributed by atoms with Crippen LogP contribution in [0.4, 0.5) is 10.1 Å². The predicted molar refractivity (Wildman–Crippen MR) is 81.2 cm³/mol. The van der Waals surface area contributed by atoms with Crippen LogP contribution in [0.1, 0.15) is 19.4 Å². The number of ether oxygens (including phenoxy) is 1. The Kier molecular flexibility index (Phi) is 5.42. The van der Waals surface area contributed by atoms with Crippen molar-refractivity contribution >= 4 is 23.2 Å². The van der Waals surface area contributed by atoms with Crippen molar-refractivity contribution in [3.63, 3.8) is 0 Å². The maximum absolute atomic E-state index is 14.3. The van der Waals surface area contributed by atoms with Gasteiger partial charge >= 0.3 is 0 Å². The Bertz CT molecular complexity index is 502. The minimum atomic E-state index is -0.283. The fraction of sp³-hybridized carbons (Fsp3) is 0.533. The first-order chi connectivity index (χ1) is 9.99. The molecule has 1 amide bonds. The molecule has 0 unspecified atom stereocenters. The third kappa shape index (κ3) is 4.32. The van der Waals surface area contributed by atoms with Gasteiger partial charge in [-0.3, -0.25) is 4.79 Å². The molecule has 1 aliphatic heterocycles. The predicted octanol–water partition coefficient (Wildman–Crippen LogP) is 2.29. The van der Waals surface area contributed by atoms with Crippen molar-refractivity contribution in [1.29, 1.82) is 0 Å². The Balaban J connectivity index is 2.06. The lowest BCUT2D eigenvalue weighted by atomic mass is 10.1. The van der Waals surface area contributed by atoms with Crippen LogP contribution in [0.15, 0.2) is 18.2 Å². The van der Waals surface area contributed by atoms with E-state index in [9.17, 15) is 9.18 Å². The molecule has 0 saturated carbocycles. The largest absolute Gasteiger partial charge is 0.372 e. The summed E-state index contributed by atoms with van der Waals surface area (Å²) in [7, 11) is 0. The van der Waals surface area contributed by atoms with Gasteiger partial charge in [0.1, 0.15) is 11.7 Å². The number of hydrogen-bond donors (Lipinski definition) is 1. The maximum atomic E-state index is 14.3. The Labute approximate surface area is 129 Å². The second kappa shape index (κ2) is 7.09. The molecule has 1 heterocycles. The zero-order chi connectivity index (χ0) is 15.4. The molecule has 0 radical (unpaired) electrons. The first-order valence-corrected chi connectivity index (χ1v) is 7.54. The number of anilines is 1. The second-order valence-corrected chi connectivity index (χ2v) is 5.63. The average Bonchev–Trinajstić information content (AvgIpc) is 2.43. The number of morpholine rings is 1. The van der Waals surface area contributed by atoms with E-state index < -0.39 is 0 Å². The first kappa shape index (κ1) is 16.0. The number of hydrogen-bond acceptors (Lipinski definition) is 3. The minimum absolute atomic E-state index is 0.0795. The van der Waals surface area contributed by atoms with Crippen molar-refractivity contribution in [3.05, 3.63) is 29.6 Å². The minimum Gasteiger partial charge on any atom is -0.372 e. The maximum Gasteiger partial charge on any atom is 0.235 e. The number of rotatable bonds is 4. The van der Waals surface area contributed by atoms with Crippen LogP contribution in [0, 0.1) is 5.82 Å². The van der Waals surface area contributed by atoms with Crippen LogP contribution in [0.25, 0.3) is 0 Å². The van der Waals surface area contributed by atoms with Crippen LogP contribution in [-0.2, 0) is 16.1 Å². The van der Waals surface area contributed by atoms with Gasteiger partial charge in [0.05, 0.1) is 17.9 Å². The van der Waals surface area contributed by atoms with E-state index in [1.165, 1.54) is 6.07 Å². The Morgan fingerprint density at radius 2 is 2.10 bits per heavy atom. The van der Waals surface area contributed by atoms with Crippen molar-refractivity contribution in [2.75, 3.05) is 23.9 Å². The summed E-state index contributed by atoms with van der Waals surface area (Å²) in [5.41, 5.74) is 1.29. The van der Waals surface area contributed by atoms with E-state index in [4.69, 9.17) is 16.3 Å². The van der Waals surface area contributed by atoms with Crippen molar-refractivity contribution in [1.82, 2.24) is 5.32 Å². The summed E-state index contributed by atoms with van der Waals surface area (Å²) in [5.74, 6) is -0.643. The molecule has 2 atom stereocenters. The number of halogens is 2. The van der Waals surface area contributed by atoms with Gasteiger partial charge in [-0.05, 0) is 31.5 Å². The zero-order valence-corrected chi connectivity index (χ0v) is 13.0. The number of carbonyl (C=O) groups is 1. The van der Waals surface area contributed by atoms with Crippen LogP contribution >= 0.6 is 11.6 Å². The van der Waals surface area contributed by atoms with Gasteiger partial charge in [-0.25, -0.2) is 4.39 Å². The van der Waals surface area contributed by atoms with E-state index >= 15 is 0 Å². The van der Waals surface area contributed by atoms with Gasteiger partial charge < -0.3 is 15.0 Å². The molecule has 6 heteroatoms. The normalized spacial score (nSPS) is 22.2. The standard InChI is InChI=1S/C15H20ClFN2O2/c1-10-8-19(9-11(2)21-10)14-4-3-12(5-13(14)17)7-18-15(20)6-16/h3-5,10-11H,6-9H2,1-2H3,(H,18,20)/t10-,11-/m0/s1. The Morgan fingerprint density at radius 3 is 2.67 bits per heavy atom. The molecule has 1 fully saturated rings. The highest BCUT2D eigenvalue weighted by Crippen LogP contribution is 2.24. The second-order valence-electron chi connectivity index (χ2n) is 5.36. The molecule has 1 saturated heterocycles. The lowest BCUT2D eigenvalue weighted by Gasteiger charge is -2.37. The van der Waals surface area contributed by atoms with Crippen molar-refractivity contribution in [2.45, 2.75) is 32.6 Å². The topological polar surface area (TPSA) is 41.6 Å². The molecule has 1 N–H and O–H groups in total. The monoisotopic (exact) mass is 314 g/mol. The number of nitrogens with one attached hydrogen (secondary N) is 1. The number of amides is 1. The smallest absolute Gasteiger partial charge is 0.235 e. The van der Waals surface area contributed by atoms with Gasteiger partial charge in [0.15, 0.2) is 0 Å². The average molecular weight is 315 g/mol. The Morgan fingerprint density at radius 1 is 1.43 bits per heavy atom. The molecule has 0 spiro atoms. The molecule has 4 nitrogen and oxygen atoms in total. The number of nitrogens with zero attached hydrogens (tertiary/aromatic N) is 1. The van der Waals surface area contributed by atoms with Crippen LogP contribution in [0.5, 0.6) is 0 Å². The SMILES string of the molecule is C[C@H]1CN(c2ccc(CNC(=O)CCl)cc2F)C[C@H](C)O1. The number of carbonyl (C=O) groups excluding carboxylic acids is 1. The fourth-order valence-electron chi connectivity index (χ4n) is 2.54. The Hall–Kier alpha value is -1.33. The van der Waals surface area contributed by atoms with E-state index in [-0.39, 0.29) is 36.4 Å². The summed E-state index contributed by atoms with van der Waals surface area (Å²) < 4.78 is 19.9. The summed E-state index contributed by atoms with van der Waals surface area (Å²) in [6.07, 6.45) is 0.159. The molecular formula is C15H20ClFN2O2. The molecule has 0 bridgehead atoms. The summed E-state index contributed by atoms with van der Waals surface area (Å²) in [6.45, 7) is 5.58. The van der Waals surface area contributed by atoms with Crippen molar-refractivity contribution in [3.8, 4) is 0 Å². The number of alkyl halides is 1. The molecular weight excluding hydrogens is 295 g/mol. The van der Waals surface area contributed by atoms with Gasteiger partial charge in [-0.15, -0.1) is 11.6 Å². The third-order valence-corrected chi connectivity index (χ3v) is 3.63. The molecule has 0 aliphatic carbocycles. The summed E-state index contributed by atoms with van der Waals surface area (Å²) >= 11 is 5.40. The molecule has 116 valence electrons. The molecule has 2 rings (SSSR count). The lowest BCUT2D eigenvalue weighted by molar-refractivity contribution is -0.118. The third-order valence-electron chi connectivity index (χ3n) is 3.38. The van der Waals surface area contributed by atoms with Crippen LogP contribution < -0.4 is 10.2 Å².